The van der Waals surface area contributed by atoms with E-state index < -0.39 is 0 Å². The van der Waals surface area contributed by atoms with Crippen LogP contribution >= 0.6 is 0 Å². The Hall–Kier alpha value is -1.68. The van der Waals surface area contributed by atoms with E-state index in [1.165, 1.54) is 6.92 Å². The van der Waals surface area contributed by atoms with E-state index in [4.69, 9.17) is 4.74 Å². The molecule has 1 atom stereocenters. The van der Waals surface area contributed by atoms with Crippen LogP contribution in [0.25, 0.3) is 0 Å². The summed E-state index contributed by atoms with van der Waals surface area (Å²) in [6.45, 7) is 3.62. The van der Waals surface area contributed by atoms with Gasteiger partial charge in [0.1, 0.15) is 0 Å². The van der Waals surface area contributed by atoms with Gasteiger partial charge < -0.3 is 10.1 Å². The van der Waals surface area contributed by atoms with Gasteiger partial charge in [0.2, 0.25) is 0 Å². The fourth-order valence-corrected chi connectivity index (χ4v) is 1.96. The highest BCUT2D eigenvalue weighted by Crippen LogP contribution is 2.11. The number of benzene rings is 1. The van der Waals surface area contributed by atoms with Crippen LogP contribution in [0.5, 0.6) is 0 Å². The topological polar surface area (TPSA) is 55.4 Å². The molecule has 0 radical (unpaired) electrons. The average molecular weight is 247 g/mol. The fraction of sp³-hybridized carbons (Fsp3) is 0.429. The van der Waals surface area contributed by atoms with Crippen LogP contribution in [0.2, 0.25) is 0 Å². The zero-order chi connectivity index (χ0) is 13.0. The van der Waals surface area contributed by atoms with Crippen molar-refractivity contribution in [2.24, 2.45) is 5.92 Å². The highest BCUT2D eigenvalue weighted by molar-refractivity contribution is 5.99. The first kappa shape index (κ1) is 12.8. The Bertz CT molecular complexity index is 450. The minimum absolute atomic E-state index is 0.0335. The molecule has 1 heterocycles. The average Bonchev–Trinajstić information content (AvgIpc) is 2.89. The van der Waals surface area contributed by atoms with Gasteiger partial charge in [0, 0.05) is 30.2 Å². The highest BCUT2D eigenvalue weighted by Gasteiger charge is 2.16. The molecule has 0 aliphatic carbocycles. The third-order valence-electron chi connectivity index (χ3n) is 3.11. The van der Waals surface area contributed by atoms with Crippen molar-refractivity contribution in [3.63, 3.8) is 0 Å². The summed E-state index contributed by atoms with van der Waals surface area (Å²) >= 11 is 0. The number of carbonyl (C=O) groups excluding carboxylic acids is 2. The Morgan fingerprint density at radius 3 is 2.83 bits per heavy atom. The molecule has 0 bridgehead atoms. The first-order valence-corrected chi connectivity index (χ1v) is 6.14. The van der Waals surface area contributed by atoms with E-state index in [-0.39, 0.29) is 11.7 Å². The van der Waals surface area contributed by atoms with Gasteiger partial charge in [-0.3, -0.25) is 9.59 Å². The van der Waals surface area contributed by atoms with Gasteiger partial charge in [0.15, 0.2) is 5.78 Å². The van der Waals surface area contributed by atoms with Gasteiger partial charge in [-0.2, -0.15) is 0 Å². The van der Waals surface area contributed by atoms with Gasteiger partial charge in [-0.05, 0) is 25.5 Å². The lowest BCUT2D eigenvalue weighted by Crippen LogP contribution is -2.29. The van der Waals surface area contributed by atoms with Crippen LogP contribution in [0.4, 0.5) is 0 Å². The van der Waals surface area contributed by atoms with Crippen molar-refractivity contribution in [1.82, 2.24) is 5.32 Å². The number of nitrogens with one attached hydrogen (secondary N) is 1. The van der Waals surface area contributed by atoms with E-state index in [2.05, 4.69) is 5.32 Å². The first-order chi connectivity index (χ1) is 8.66. The third kappa shape index (κ3) is 3.17. The molecule has 1 unspecified atom stereocenters. The molecule has 2 rings (SSSR count). The van der Waals surface area contributed by atoms with Crippen LogP contribution in [0.3, 0.4) is 0 Å². The number of rotatable bonds is 4. The number of amides is 1. The Morgan fingerprint density at radius 1 is 1.39 bits per heavy atom. The normalized spacial score (nSPS) is 18.6. The van der Waals surface area contributed by atoms with Crippen molar-refractivity contribution >= 4 is 11.7 Å². The molecule has 96 valence electrons. The minimum atomic E-state index is -0.134. The molecule has 0 saturated carbocycles. The van der Waals surface area contributed by atoms with Crippen LogP contribution in [0, 0.1) is 5.92 Å². The summed E-state index contributed by atoms with van der Waals surface area (Å²) in [5, 5.41) is 2.88. The summed E-state index contributed by atoms with van der Waals surface area (Å²) in [6.07, 6.45) is 0.994. The lowest BCUT2D eigenvalue weighted by Gasteiger charge is -2.09. The first-order valence-electron chi connectivity index (χ1n) is 6.14. The van der Waals surface area contributed by atoms with Crippen LogP contribution < -0.4 is 5.32 Å². The highest BCUT2D eigenvalue weighted by atomic mass is 16.5. The third-order valence-corrected chi connectivity index (χ3v) is 3.11. The maximum absolute atomic E-state index is 11.9. The van der Waals surface area contributed by atoms with E-state index in [0.717, 1.165) is 13.0 Å². The molecule has 4 heteroatoms. The van der Waals surface area contributed by atoms with E-state index in [9.17, 15) is 9.59 Å². The second-order valence-corrected chi connectivity index (χ2v) is 4.58. The van der Waals surface area contributed by atoms with Crippen molar-refractivity contribution in [3.05, 3.63) is 35.4 Å². The molecule has 1 aromatic rings. The van der Waals surface area contributed by atoms with Gasteiger partial charge in [0.05, 0.1) is 6.61 Å². The fourth-order valence-electron chi connectivity index (χ4n) is 1.96. The smallest absolute Gasteiger partial charge is 0.251 e. The van der Waals surface area contributed by atoms with Gasteiger partial charge in [-0.25, -0.2) is 0 Å². The van der Waals surface area contributed by atoms with E-state index in [1.807, 2.05) is 0 Å². The van der Waals surface area contributed by atoms with E-state index in [1.54, 1.807) is 24.3 Å². The summed E-state index contributed by atoms with van der Waals surface area (Å²) in [7, 11) is 0. The molecule has 1 aliphatic heterocycles. The lowest BCUT2D eigenvalue weighted by molar-refractivity contribution is 0.0945. The number of carbonyl (C=O) groups is 2. The maximum Gasteiger partial charge on any atom is 0.251 e. The largest absolute Gasteiger partial charge is 0.381 e. The van der Waals surface area contributed by atoms with E-state index in [0.29, 0.717) is 30.2 Å². The second-order valence-electron chi connectivity index (χ2n) is 4.58. The van der Waals surface area contributed by atoms with Gasteiger partial charge >= 0.3 is 0 Å². The lowest BCUT2D eigenvalue weighted by atomic mass is 10.1. The Morgan fingerprint density at radius 2 is 2.17 bits per heavy atom. The molecule has 0 aromatic heterocycles. The SMILES string of the molecule is CC(=O)c1cccc(C(=O)NCC2CCOC2)c1. The predicted molar refractivity (Wildman–Crippen MR) is 67.7 cm³/mol. The Kier molecular flexibility index (Phi) is 4.10. The minimum Gasteiger partial charge on any atom is -0.381 e. The summed E-state index contributed by atoms with van der Waals surface area (Å²) in [4.78, 5) is 23.2. The molecule has 1 fully saturated rings. The molecule has 1 saturated heterocycles. The molecule has 1 aromatic carbocycles. The molecular formula is C14H17NO3. The van der Waals surface area contributed by atoms with E-state index >= 15 is 0 Å². The summed E-state index contributed by atoms with van der Waals surface area (Å²) in [5.74, 6) is 0.240. The number of hydrogen-bond donors (Lipinski definition) is 1. The number of Topliss-reactive ketones (excluding diaryl/α,β-unsaturated/α-hetero) is 1. The van der Waals surface area contributed by atoms with Gasteiger partial charge in [0.25, 0.3) is 5.91 Å². The molecule has 1 N–H and O–H groups in total. The molecule has 0 spiro atoms. The van der Waals surface area contributed by atoms with Crippen molar-refractivity contribution in [1.29, 1.82) is 0 Å². The molecule has 4 nitrogen and oxygen atoms in total. The van der Waals surface area contributed by atoms with Crippen LogP contribution in [-0.4, -0.2) is 31.4 Å². The van der Waals surface area contributed by atoms with Crippen molar-refractivity contribution in [2.75, 3.05) is 19.8 Å². The Balaban J connectivity index is 1.95. The van der Waals surface area contributed by atoms with Gasteiger partial charge in [-0.15, -0.1) is 0 Å². The standard InChI is InChI=1S/C14H17NO3/c1-10(16)12-3-2-4-13(7-12)14(17)15-8-11-5-6-18-9-11/h2-4,7,11H,5-6,8-9H2,1H3,(H,15,17). The molecule has 18 heavy (non-hydrogen) atoms. The number of hydrogen-bond acceptors (Lipinski definition) is 3. The van der Waals surface area contributed by atoms with Crippen molar-refractivity contribution < 1.29 is 14.3 Å². The monoisotopic (exact) mass is 247 g/mol. The summed E-state index contributed by atoms with van der Waals surface area (Å²) < 4.78 is 5.25. The predicted octanol–water partition coefficient (Wildman–Crippen LogP) is 1.66. The summed E-state index contributed by atoms with van der Waals surface area (Å²) in [6, 6.07) is 6.78. The molecular weight excluding hydrogens is 230 g/mol. The number of ketones is 1. The van der Waals surface area contributed by atoms with Crippen molar-refractivity contribution in [2.45, 2.75) is 13.3 Å². The van der Waals surface area contributed by atoms with Gasteiger partial charge in [-0.1, -0.05) is 12.1 Å². The van der Waals surface area contributed by atoms with Crippen LogP contribution in [0.1, 0.15) is 34.1 Å². The van der Waals surface area contributed by atoms with Crippen molar-refractivity contribution in [3.8, 4) is 0 Å². The molecule has 1 aliphatic rings. The maximum atomic E-state index is 11.9. The zero-order valence-electron chi connectivity index (χ0n) is 10.4. The second kappa shape index (κ2) is 5.78. The quantitative estimate of drug-likeness (QED) is 0.823. The Labute approximate surface area is 106 Å². The van der Waals surface area contributed by atoms with Crippen LogP contribution in [-0.2, 0) is 4.74 Å². The zero-order valence-corrected chi connectivity index (χ0v) is 10.4. The number of ether oxygens (including phenoxy) is 1. The molecule has 1 amide bonds. The summed E-state index contributed by atoms with van der Waals surface area (Å²) in [5.41, 5.74) is 1.09. The van der Waals surface area contributed by atoms with Crippen LogP contribution in [0.15, 0.2) is 24.3 Å².